The molecule has 1 nitrogen and oxygen atoms in total. The van der Waals surface area contributed by atoms with Gasteiger partial charge in [0.2, 0.25) is 0 Å². The zero-order valence-corrected chi connectivity index (χ0v) is 11.2. The number of halogens is 3. The van der Waals surface area contributed by atoms with E-state index >= 15 is 0 Å². The summed E-state index contributed by atoms with van der Waals surface area (Å²) in [6.45, 7) is 2.52. The Morgan fingerprint density at radius 2 is 2.12 bits per heavy atom. The maximum Gasteiger partial charge on any atom is 0.127 e. The van der Waals surface area contributed by atoms with Gasteiger partial charge in [0.25, 0.3) is 0 Å². The van der Waals surface area contributed by atoms with E-state index < -0.39 is 0 Å². The minimum Gasteiger partial charge on any atom is -0.303 e. The van der Waals surface area contributed by atoms with Crippen LogP contribution in [0.3, 0.4) is 0 Å². The van der Waals surface area contributed by atoms with Crippen molar-refractivity contribution in [2.45, 2.75) is 12.8 Å². The van der Waals surface area contributed by atoms with Crippen LogP contribution in [0.4, 0.5) is 8.78 Å². The summed E-state index contributed by atoms with van der Waals surface area (Å²) in [4.78, 5) is 2.22. The largest absolute Gasteiger partial charge is 0.303 e. The Morgan fingerprint density at radius 1 is 1.35 bits per heavy atom. The van der Waals surface area contributed by atoms with Gasteiger partial charge in [0, 0.05) is 24.1 Å². The molecule has 1 aliphatic rings. The zero-order valence-electron chi connectivity index (χ0n) is 9.63. The molecular formula is C13H16BrF2N. The van der Waals surface area contributed by atoms with E-state index in [9.17, 15) is 8.78 Å². The Hall–Kier alpha value is -0.480. The van der Waals surface area contributed by atoms with Crippen LogP contribution in [0.25, 0.3) is 0 Å². The predicted molar refractivity (Wildman–Crippen MR) is 68.3 cm³/mol. The molecule has 0 unspecified atom stereocenters. The summed E-state index contributed by atoms with van der Waals surface area (Å²) in [5, 5.41) is 0. The van der Waals surface area contributed by atoms with Crippen molar-refractivity contribution in [2.75, 3.05) is 26.3 Å². The van der Waals surface area contributed by atoms with Gasteiger partial charge in [0.1, 0.15) is 5.82 Å². The van der Waals surface area contributed by atoms with Gasteiger partial charge >= 0.3 is 0 Å². The van der Waals surface area contributed by atoms with Crippen molar-refractivity contribution in [1.29, 1.82) is 0 Å². The zero-order chi connectivity index (χ0) is 12.3. The minimum absolute atomic E-state index is 0.137. The first-order chi connectivity index (χ1) is 8.19. The van der Waals surface area contributed by atoms with Crippen molar-refractivity contribution in [3.8, 4) is 0 Å². The van der Waals surface area contributed by atoms with Crippen LogP contribution in [0.15, 0.2) is 22.7 Å². The Balaban J connectivity index is 1.79. The molecule has 1 fully saturated rings. The van der Waals surface area contributed by atoms with Gasteiger partial charge < -0.3 is 4.90 Å². The van der Waals surface area contributed by atoms with Gasteiger partial charge in [-0.1, -0.05) is 22.0 Å². The molecule has 17 heavy (non-hydrogen) atoms. The van der Waals surface area contributed by atoms with Gasteiger partial charge in [0.05, 0.1) is 6.67 Å². The van der Waals surface area contributed by atoms with Crippen LogP contribution >= 0.6 is 15.9 Å². The number of nitrogens with zero attached hydrogens (tertiary/aromatic N) is 1. The summed E-state index contributed by atoms with van der Waals surface area (Å²) in [6, 6.07) is 5.22. The number of likely N-dealkylation sites (tertiary alicyclic amines) is 1. The SMILES string of the molecule is FCCCN1CC(Cc2ccc(Br)cc2F)C1. The molecule has 0 aromatic heterocycles. The van der Waals surface area contributed by atoms with E-state index in [1.54, 1.807) is 0 Å². The average molecular weight is 304 g/mol. The van der Waals surface area contributed by atoms with E-state index in [0.717, 1.165) is 36.1 Å². The number of hydrogen-bond donors (Lipinski definition) is 0. The first-order valence-corrected chi connectivity index (χ1v) is 6.70. The predicted octanol–water partition coefficient (Wildman–Crippen LogP) is 3.42. The molecule has 0 spiro atoms. The highest BCUT2D eigenvalue weighted by atomic mass is 79.9. The van der Waals surface area contributed by atoms with Crippen molar-refractivity contribution >= 4 is 15.9 Å². The van der Waals surface area contributed by atoms with Gasteiger partial charge in [-0.2, -0.15) is 0 Å². The topological polar surface area (TPSA) is 3.24 Å². The maximum atomic E-state index is 13.6. The second-order valence-corrected chi connectivity index (χ2v) is 5.52. The fraction of sp³-hybridized carbons (Fsp3) is 0.538. The molecule has 94 valence electrons. The summed E-state index contributed by atoms with van der Waals surface area (Å²) in [5.74, 6) is 0.381. The van der Waals surface area contributed by atoms with Crippen molar-refractivity contribution in [2.24, 2.45) is 5.92 Å². The third kappa shape index (κ3) is 3.49. The van der Waals surface area contributed by atoms with Crippen LogP contribution in [0.5, 0.6) is 0 Å². The third-order valence-corrected chi connectivity index (χ3v) is 3.66. The first-order valence-electron chi connectivity index (χ1n) is 5.91. The molecule has 2 rings (SSSR count). The van der Waals surface area contributed by atoms with Crippen LogP contribution in [-0.4, -0.2) is 31.2 Å². The minimum atomic E-state index is -0.248. The lowest BCUT2D eigenvalue weighted by Gasteiger charge is -2.39. The van der Waals surface area contributed by atoms with Crippen molar-refractivity contribution in [1.82, 2.24) is 4.90 Å². The van der Waals surface area contributed by atoms with E-state index in [4.69, 9.17) is 0 Å². The van der Waals surface area contributed by atoms with E-state index in [-0.39, 0.29) is 12.5 Å². The van der Waals surface area contributed by atoms with Crippen LogP contribution in [-0.2, 0) is 6.42 Å². The summed E-state index contributed by atoms with van der Waals surface area (Å²) in [7, 11) is 0. The smallest absolute Gasteiger partial charge is 0.127 e. The molecule has 1 aromatic rings. The number of benzene rings is 1. The standard InChI is InChI=1S/C13H16BrF2N/c14-12-3-2-11(13(16)7-12)6-10-8-17(9-10)5-1-4-15/h2-3,7,10H,1,4-6,8-9H2. The molecule has 0 atom stereocenters. The molecule has 4 heteroatoms. The molecule has 0 bridgehead atoms. The molecular weight excluding hydrogens is 288 g/mol. The summed E-state index contributed by atoms with van der Waals surface area (Å²) in [6.07, 6.45) is 1.39. The summed E-state index contributed by atoms with van der Waals surface area (Å²) < 4.78 is 26.3. The van der Waals surface area contributed by atoms with E-state index in [1.807, 2.05) is 12.1 Å². The maximum absolute atomic E-state index is 13.6. The van der Waals surface area contributed by atoms with Gasteiger partial charge in [-0.05, 0) is 36.5 Å². The average Bonchev–Trinajstić information content (AvgIpc) is 2.24. The molecule has 1 heterocycles. The third-order valence-electron chi connectivity index (χ3n) is 3.16. The lowest BCUT2D eigenvalue weighted by molar-refractivity contribution is 0.0962. The van der Waals surface area contributed by atoms with Gasteiger partial charge in [-0.25, -0.2) is 4.39 Å². The van der Waals surface area contributed by atoms with E-state index in [2.05, 4.69) is 20.8 Å². The fourth-order valence-corrected chi connectivity index (χ4v) is 2.60. The monoisotopic (exact) mass is 303 g/mol. The second-order valence-electron chi connectivity index (χ2n) is 4.61. The van der Waals surface area contributed by atoms with Crippen LogP contribution in [0, 0.1) is 11.7 Å². The Morgan fingerprint density at radius 3 is 2.76 bits per heavy atom. The second kappa shape index (κ2) is 5.91. The summed E-state index contributed by atoms with van der Waals surface area (Å²) in [5.41, 5.74) is 0.781. The van der Waals surface area contributed by atoms with Crippen LogP contribution in [0.1, 0.15) is 12.0 Å². The highest BCUT2D eigenvalue weighted by Gasteiger charge is 2.26. The Labute approximate surface area is 109 Å². The normalized spacial score (nSPS) is 17.1. The van der Waals surface area contributed by atoms with Gasteiger partial charge in [-0.15, -0.1) is 0 Å². The van der Waals surface area contributed by atoms with Crippen LogP contribution < -0.4 is 0 Å². The van der Waals surface area contributed by atoms with Crippen molar-refractivity contribution < 1.29 is 8.78 Å². The lowest BCUT2D eigenvalue weighted by atomic mass is 9.92. The molecule has 1 aromatic carbocycles. The van der Waals surface area contributed by atoms with E-state index in [0.29, 0.717) is 12.3 Å². The Bertz CT molecular complexity index is 378. The molecule has 0 aliphatic carbocycles. The lowest BCUT2D eigenvalue weighted by Crippen LogP contribution is -2.47. The van der Waals surface area contributed by atoms with Gasteiger partial charge in [-0.3, -0.25) is 4.39 Å². The molecule has 0 saturated carbocycles. The quantitative estimate of drug-likeness (QED) is 0.805. The highest BCUT2D eigenvalue weighted by Crippen LogP contribution is 2.23. The molecule has 1 aliphatic heterocycles. The molecule has 0 amide bonds. The van der Waals surface area contributed by atoms with Gasteiger partial charge in [0.15, 0.2) is 0 Å². The molecule has 1 saturated heterocycles. The van der Waals surface area contributed by atoms with Crippen molar-refractivity contribution in [3.05, 3.63) is 34.1 Å². The Kier molecular flexibility index (Phi) is 4.51. The number of rotatable bonds is 5. The first kappa shape index (κ1) is 13.0. The number of alkyl halides is 1. The van der Waals surface area contributed by atoms with E-state index in [1.165, 1.54) is 6.07 Å². The van der Waals surface area contributed by atoms with Crippen LogP contribution in [0.2, 0.25) is 0 Å². The van der Waals surface area contributed by atoms with Crippen molar-refractivity contribution in [3.63, 3.8) is 0 Å². The summed E-state index contributed by atoms with van der Waals surface area (Å²) >= 11 is 3.25. The molecule has 0 N–H and O–H groups in total. The fourth-order valence-electron chi connectivity index (χ4n) is 2.27. The highest BCUT2D eigenvalue weighted by molar-refractivity contribution is 9.10. The number of hydrogen-bond acceptors (Lipinski definition) is 1. The molecule has 0 radical (unpaired) electrons.